The van der Waals surface area contributed by atoms with Crippen molar-refractivity contribution in [2.75, 3.05) is 46.6 Å². The molecule has 0 saturated carbocycles. The summed E-state index contributed by atoms with van der Waals surface area (Å²) in [5, 5.41) is 2.81. The first-order valence-electron chi connectivity index (χ1n) is 8.12. The zero-order valence-electron chi connectivity index (χ0n) is 14.5. The molecule has 2 amide bonds. The van der Waals surface area contributed by atoms with Crippen LogP contribution in [0, 0.1) is 0 Å². The fourth-order valence-corrected chi connectivity index (χ4v) is 3.83. The maximum absolute atomic E-state index is 12.2. The van der Waals surface area contributed by atoms with Gasteiger partial charge >= 0.3 is 0 Å². The monoisotopic (exact) mass is 352 g/mol. The highest BCUT2D eigenvalue weighted by molar-refractivity contribution is 8.00. The number of quaternary nitrogens is 1. The second kappa shape index (κ2) is 8.94. The smallest absolute Gasteiger partial charge is 0.233 e. The molecule has 0 unspecified atom stereocenters. The Bertz CT molecular complexity index is 580. The molecule has 1 heterocycles. The van der Waals surface area contributed by atoms with Gasteiger partial charge in [-0.1, -0.05) is 18.2 Å². The molecule has 1 aromatic carbocycles. The van der Waals surface area contributed by atoms with Crippen molar-refractivity contribution in [2.24, 2.45) is 0 Å². The number of methoxy groups -OCH3 is 1. The normalized spacial score (nSPS) is 17.4. The number of para-hydroxylation sites is 1. The predicted molar refractivity (Wildman–Crippen MR) is 95.2 cm³/mol. The van der Waals surface area contributed by atoms with Crippen LogP contribution in [0.25, 0.3) is 0 Å². The van der Waals surface area contributed by atoms with E-state index in [0.29, 0.717) is 25.3 Å². The summed E-state index contributed by atoms with van der Waals surface area (Å²) in [4.78, 5) is 27.2. The van der Waals surface area contributed by atoms with Crippen molar-refractivity contribution < 1.29 is 19.2 Å². The highest BCUT2D eigenvalue weighted by Crippen LogP contribution is 2.42. The minimum Gasteiger partial charge on any atom is -0.496 e. The first-order valence-corrected chi connectivity index (χ1v) is 9.17. The first kappa shape index (κ1) is 18.6. The summed E-state index contributed by atoms with van der Waals surface area (Å²) in [6, 6.07) is 7.72. The van der Waals surface area contributed by atoms with E-state index in [2.05, 4.69) is 5.32 Å². The minimum absolute atomic E-state index is 0.0141. The van der Waals surface area contributed by atoms with E-state index in [9.17, 15) is 9.59 Å². The van der Waals surface area contributed by atoms with Crippen molar-refractivity contribution in [1.29, 1.82) is 0 Å². The highest BCUT2D eigenvalue weighted by atomic mass is 32.2. The van der Waals surface area contributed by atoms with Gasteiger partial charge in [0, 0.05) is 18.5 Å². The highest BCUT2D eigenvalue weighted by Gasteiger charge is 2.34. The van der Waals surface area contributed by atoms with Gasteiger partial charge in [-0.3, -0.25) is 9.59 Å². The number of nitrogens with one attached hydrogen (secondary N) is 2. The Labute approximate surface area is 147 Å². The van der Waals surface area contributed by atoms with E-state index < -0.39 is 0 Å². The molecule has 0 spiro atoms. The fraction of sp³-hybridized carbons (Fsp3) is 0.529. The zero-order valence-corrected chi connectivity index (χ0v) is 15.3. The number of likely N-dealkylation sites (N-methyl/N-ethyl adjacent to an activating group) is 1. The van der Waals surface area contributed by atoms with Gasteiger partial charge in [-0.15, -0.1) is 11.8 Å². The number of hydrogen-bond acceptors (Lipinski definition) is 4. The molecule has 0 aromatic heterocycles. The number of carbonyl (C=O) groups is 2. The van der Waals surface area contributed by atoms with Crippen molar-refractivity contribution in [3.63, 3.8) is 0 Å². The summed E-state index contributed by atoms with van der Waals surface area (Å²) >= 11 is 1.58. The van der Waals surface area contributed by atoms with Crippen LogP contribution in [-0.4, -0.2) is 63.3 Å². The molecule has 6 nitrogen and oxygen atoms in total. The van der Waals surface area contributed by atoms with Crippen LogP contribution in [0.15, 0.2) is 24.3 Å². The summed E-state index contributed by atoms with van der Waals surface area (Å²) in [6.07, 6.45) is 0.320. The number of amides is 2. The summed E-state index contributed by atoms with van der Waals surface area (Å²) in [5.74, 6) is 1.27. The Morgan fingerprint density at radius 1 is 1.42 bits per heavy atom. The Balaban J connectivity index is 1.95. The lowest BCUT2D eigenvalue weighted by Crippen LogP contribution is -3.06. The third-order valence-corrected chi connectivity index (χ3v) is 5.14. The maximum Gasteiger partial charge on any atom is 0.233 e. The average molecular weight is 352 g/mol. The summed E-state index contributed by atoms with van der Waals surface area (Å²) in [7, 11) is 5.72. The van der Waals surface area contributed by atoms with E-state index in [1.54, 1.807) is 23.8 Å². The van der Waals surface area contributed by atoms with Crippen LogP contribution in [0.3, 0.4) is 0 Å². The molecule has 2 N–H and O–H groups in total. The molecule has 24 heavy (non-hydrogen) atoms. The van der Waals surface area contributed by atoms with Crippen LogP contribution in [0.4, 0.5) is 0 Å². The molecule has 1 aromatic rings. The standard InChI is InChI=1S/C17H25N3O3S/c1-19(2)11-9-18-15(21)8-10-20-16(22)12-24-17(20)13-6-4-5-7-14(13)23-3/h4-7,17H,8-12H2,1-3H3,(H,18,21)/p+1/t17-/m0/s1. The minimum atomic E-state index is -0.0901. The van der Waals surface area contributed by atoms with Crippen LogP contribution >= 0.6 is 11.8 Å². The molecule has 1 atom stereocenters. The maximum atomic E-state index is 12.2. The van der Waals surface area contributed by atoms with E-state index in [0.717, 1.165) is 17.9 Å². The molecule has 0 radical (unpaired) electrons. The topological polar surface area (TPSA) is 63.1 Å². The van der Waals surface area contributed by atoms with Crippen LogP contribution in [-0.2, 0) is 9.59 Å². The van der Waals surface area contributed by atoms with Crippen molar-refractivity contribution in [3.8, 4) is 5.75 Å². The van der Waals surface area contributed by atoms with Crippen LogP contribution in [0.1, 0.15) is 17.4 Å². The molecular weight excluding hydrogens is 326 g/mol. The average Bonchev–Trinajstić information content (AvgIpc) is 2.93. The number of benzene rings is 1. The Hall–Kier alpha value is -1.73. The molecule has 0 bridgehead atoms. The van der Waals surface area contributed by atoms with Crippen LogP contribution in [0.5, 0.6) is 5.75 Å². The third kappa shape index (κ3) is 4.88. The van der Waals surface area contributed by atoms with E-state index in [-0.39, 0.29) is 17.2 Å². The second-order valence-electron chi connectivity index (χ2n) is 6.05. The summed E-state index contributed by atoms with van der Waals surface area (Å²) in [6.45, 7) is 1.96. The van der Waals surface area contributed by atoms with Crippen molar-refractivity contribution in [1.82, 2.24) is 10.2 Å². The van der Waals surface area contributed by atoms with E-state index >= 15 is 0 Å². The van der Waals surface area contributed by atoms with Gasteiger partial charge in [0.05, 0.1) is 40.0 Å². The van der Waals surface area contributed by atoms with E-state index in [1.807, 2.05) is 38.4 Å². The van der Waals surface area contributed by atoms with Crippen LogP contribution in [0.2, 0.25) is 0 Å². The second-order valence-corrected chi connectivity index (χ2v) is 7.12. The van der Waals surface area contributed by atoms with Gasteiger partial charge in [0.15, 0.2) is 0 Å². The summed E-state index contributed by atoms with van der Waals surface area (Å²) < 4.78 is 5.41. The molecule has 132 valence electrons. The molecule has 0 aliphatic carbocycles. The molecule has 1 aliphatic rings. The van der Waals surface area contributed by atoms with Crippen molar-refractivity contribution in [2.45, 2.75) is 11.8 Å². The quantitative estimate of drug-likeness (QED) is 0.687. The first-order chi connectivity index (χ1) is 11.5. The Morgan fingerprint density at radius 3 is 2.88 bits per heavy atom. The van der Waals surface area contributed by atoms with Gasteiger partial charge in [-0.25, -0.2) is 0 Å². The van der Waals surface area contributed by atoms with Gasteiger partial charge in [0.25, 0.3) is 0 Å². The molecule has 1 aliphatic heterocycles. The largest absolute Gasteiger partial charge is 0.496 e. The van der Waals surface area contributed by atoms with Gasteiger partial charge in [-0.05, 0) is 6.07 Å². The number of thioether (sulfide) groups is 1. The number of carbonyl (C=O) groups excluding carboxylic acids is 2. The van der Waals surface area contributed by atoms with E-state index in [1.165, 1.54) is 4.90 Å². The number of hydrogen-bond donors (Lipinski definition) is 2. The molecule has 1 saturated heterocycles. The fourth-order valence-electron chi connectivity index (χ4n) is 2.59. The predicted octanol–water partition coefficient (Wildman–Crippen LogP) is -0.0800. The number of ether oxygens (including phenoxy) is 1. The zero-order chi connectivity index (χ0) is 17.5. The lowest BCUT2D eigenvalue weighted by molar-refractivity contribution is -0.856. The Kier molecular flexibility index (Phi) is 6.93. The van der Waals surface area contributed by atoms with Gasteiger partial charge in [0.1, 0.15) is 11.1 Å². The summed E-state index contributed by atoms with van der Waals surface area (Å²) in [5.41, 5.74) is 0.979. The van der Waals surface area contributed by atoms with Crippen molar-refractivity contribution in [3.05, 3.63) is 29.8 Å². The van der Waals surface area contributed by atoms with Gasteiger partial charge < -0.3 is 19.9 Å². The molecule has 1 fully saturated rings. The van der Waals surface area contributed by atoms with Crippen LogP contribution < -0.4 is 15.0 Å². The lowest BCUT2D eigenvalue weighted by atomic mass is 10.1. The SMILES string of the molecule is COc1ccccc1[C@@H]1SCC(=O)N1CCC(=O)NCC[NH+](C)C. The number of nitrogens with zero attached hydrogens (tertiary/aromatic N) is 1. The molecular formula is C17H26N3O3S+. The third-order valence-electron chi connectivity index (χ3n) is 3.90. The van der Waals surface area contributed by atoms with Crippen molar-refractivity contribution >= 4 is 23.6 Å². The van der Waals surface area contributed by atoms with Gasteiger partial charge in [0.2, 0.25) is 11.8 Å². The number of rotatable bonds is 8. The van der Waals surface area contributed by atoms with E-state index in [4.69, 9.17) is 4.74 Å². The Morgan fingerprint density at radius 2 is 2.17 bits per heavy atom. The molecule has 2 rings (SSSR count). The van der Waals surface area contributed by atoms with Gasteiger partial charge in [-0.2, -0.15) is 0 Å². The molecule has 7 heteroatoms. The lowest BCUT2D eigenvalue weighted by Gasteiger charge is -2.25.